The second-order valence-electron chi connectivity index (χ2n) is 5.68. The van der Waals surface area contributed by atoms with Gasteiger partial charge in [0, 0.05) is 16.9 Å². The van der Waals surface area contributed by atoms with Crippen molar-refractivity contribution in [1.82, 2.24) is 5.16 Å². The van der Waals surface area contributed by atoms with Gasteiger partial charge in [-0.15, -0.1) is 0 Å². The van der Waals surface area contributed by atoms with Crippen molar-refractivity contribution in [3.8, 4) is 5.75 Å². The van der Waals surface area contributed by atoms with Gasteiger partial charge in [-0.1, -0.05) is 23.4 Å². The first-order valence-electron chi connectivity index (χ1n) is 7.40. The van der Waals surface area contributed by atoms with Crippen molar-refractivity contribution in [1.29, 1.82) is 0 Å². The first-order valence-corrected chi connectivity index (χ1v) is 7.40. The molecule has 0 saturated heterocycles. The molecule has 0 bridgehead atoms. The topological polar surface area (TPSA) is 58.6 Å². The molecular weight excluding hydrogens is 276 g/mol. The summed E-state index contributed by atoms with van der Waals surface area (Å²) in [6, 6.07) is 7.28. The van der Waals surface area contributed by atoms with Crippen LogP contribution >= 0.6 is 0 Å². The van der Waals surface area contributed by atoms with E-state index in [4.69, 9.17) is 9.52 Å². The van der Waals surface area contributed by atoms with Crippen molar-refractivity contribution in [2.24, 2.45) is 4.99 Å². The van der Waals surface area contributed by atoms with Crippen molar-refractivity contribution in [2.45, 2.75) is 26.7 Å². The fourth-order valence-electron chi connectivity index (χ4n) is 3.21. The highest BCUT2D eigenvalue weighted by Crippen LogP contribution is 2.44. The van der Waals surface area contributed by atoms with Gasteiger partial charge in [-0.25, -0.2) is 0 Å². The van der Waals surface area contributed by atoms with E-state index in [1.54, 1.807) is 12.1 Å². The molecule has 0 amide bonds. The van der Waals surface area contributed by atoms with Crippen LogP contribution in [0.5, 0.6) is 5.75 Å². The third kappa shape index (κ3) is 1.84. The smallest absolute Gasteiger partial charge is 0.143 e. The average molecular weight is 292 g/mol. The number of aliphatic imine (C=N–C) groups is 1. The Hall–Kier alpha value is -2.62. The Morgan fingerprint density at radius 3 is 2.59 bits per heavy atom. The predicted octanol–water partition coefficient (Wildman–Crippen LogP) is 4.04. The monoisotopic (exact) mass is 292 g/mol. The molecule has 1 aromatic carbocycles. The zero-order valence-corrected chi connectivity index (χ0v) is 12.6. The first-order chi connectivity index (χ1) is 10.6. The van der Waals surface area contributed by atoms with E-state index < -0.39 is 0 Å². The van der Waals surface area contributed by atoms with Crippen LogP contribution in [0.4, 0.5) is 0 Å². The molecule has 110 valence electrons. The fourth-order valence-corrected chi connectivity index (χ4v) is 3.21. The molecule has 0 fully saturated rings. The van der Waals surface area contributed by atoms with Crippen LogP contribution in [-0.4, -0.2) is 16.0 Å². The minimum atomic E-state index is 0.266. The average Bonchev–Trinajstić information content (AvgIpc) is 3.15. The van der Waals surface area contributed by atoms with E-state index in [0.29, 0.717) is 0 Å². The summed E-state index contributed by atoms with van der Waals surface area (Å²) in [5.74, 6) is 1.05. The van der Waals surface area contributed by atoms with Gasteiger partial charge >= 0.3 is 0 Å². The summed E-state index contributed by atoms with van der Waals surface area (Å²) in [6.45, 7) is 3.86. The third-order valence-corrected chi connectivity index (χ3v) is 4.22. The van der Waals surface area contributed by atoms with Crippen LogP contribution in [0.3, 0.4) is 0 Å². The summed E-state index contributed by atoms with van der Waals surface area (Å²) in [6.07, 6.45) is 4.25. The lowest BCUT2D eigenvalue weighted by Gasteiger charge is -2.08. The second kappa shape index (κ2) is 4.70. The zero-order valence-electron chi connectivity index (χ0n) is 12.6. The molecule has 4 nitrogen and oxygen atoms in total. The van der Waals surface area contributed by atoms with Gasteiger partial charge in [0.1, 0.15) is 11.5 Å². The van der Waals surface area contributed by atoms with Gasteiger partial charge in [0.05, 0.1) is 17.0 Å². The number of phenolic OH excluding ortho intramolecular Hbond substituents is 1. The number of hydrogen-bond acceptors (Lipinski definition) is 4. The van der Waals surface area contributed by atoms with E-state index in [-0.39, 0.29) is 5.75 Å². The number of aromatic hydroxyl groups is 1. The number of phenols is 1. The Balaban J connectivity index is 1.97. The molecule has 0 spiro atoms. The van der Waals surface area contributed by atoms with Crippen molar-refractivity contribution >= 4 is 17.0 Å². The normalized spacial score (nSPS) is 16.8. The molecule has 4 heteroatoms. The largest absolute Gasteiger partial charge is 0.508 e. The lowest BCUT2D eigenvalue weighted by Crippen LogP contribution is -1.94. The molecule has 0 atom stereocenters. The highest BCUT2D eigenvalue weighted by Gasteiger charge is 2.30. The highest BCUT2D eigenvalue weighted by atomic mass is 16.5. The zero-order chi connectivity index (χ0) is 15.3. The van der Waals surface area contributed by atoms with Crippen LogP contribution in [0.2, 0.25) is 0 Å². The molecule has 1 aliphatic carbocycles. The molecule has 0 saturated carbocycles. The Bertz CT molecular complexity index is 832. The van der Waals surface area contributed by atoms with E-state index >= 15 is 0 Å². The van der Waals surface area contributed by atoms with Crippen LogP contribution in [0.1, 0.15) is 35.4 Å². The van der Waals surface area contributed by atoms with Crippen molar-refractivity contribution < 1.29 is 9.63 Å². The number of hydrogen-bond donors (Lipinski definition) is 1. The van der Waals surface area contributed by atoms with E-state index in [1.165, 1.54) is 5.57 Å². The van der Waals surface area contributed by atoms with Gasteiger partial charge in [-0.2, -0.15) is 0 Å². The van der Waals surface area contributed by atoms with Crippen LogP contribution in [0.25, 0.3) is 11.3 Å². The molecule has 0 radical (unpaired) electrons. The van der Waals surface area contributed by atoms with Gasteiger partial charge in [-0.05, 0) is 44.4 Å². The fraction of sp³-hybridized carbons (Fsp3) is 0.222. The van der Waals surface area contributed by atoms with Crippen LogP contribution in [0, 0.1) is 13.8 Å². The van der Waals surface area contributed by atoms with E-state index in [2.05, 4.69) is 11.2 Å². The molecule has 2 aromatic rings. The van der Waals surface area contributed by atoms with Gasteiger partial charge in [0.15, 0.2) is 0 Å². The maximum atomic E-state index is 9.54. The summed E-state index contributed by atoms with van der Waals surface area (Å²) in [5.41, 5.74) is 7.28. The van der Waals surface area contributed by atoms with Crippen LogP contribution in [-0.2, 0) is 0 Å². The van der Waals surface area contributed by atoms with Crippen molar-refractivity contribution in [3.05, 3.63) is 58.5 Å². The lowest BCUT2D eigenvalue weighted by molar-refractivity contribution is 0.393. The number of benzene rings is 1. The molecular formula is C18H16N2O2. The number of aryl methyl sites for hydroxylation is 2. The van der Waals surface area contributed by atoms with Crippen molar-refractivity contribution in [2.75, 3.05) is 0 Å². The van der Waals surface area contributed by atoms with Crippen LogP contribution in [0.15, 0.2) is 45.4 Å². The Labute approximate surface area is 128 Å². The Morgan fingerprint density at radius 1 is 1.14 bits per heavy atom. The Kier molecular flexibility index (Phi) is 2.79. The maximum Gasteiger partial charge on any atom is 0.143 e. The van der Waals surface area contributed by atoms with Crippen molar-refractivity contribution in [3.63, 3.8) is 0 Å². The SMILES string of the molecule is Cc1noc(C)c1C1=C(c2ccc(O)cc2)C2=CCCC2=N1. The Morgan fingerprint density at radius 2 is 1.91 bits per heavy atom. The summed E-state index contributed by atoms with van der Waals surface area (Å²) in [4.78, 5) is 4.86. The molecule has 4 rings (SSSR count). The molecule has 1 aromatic heterocycles. The molecule has 2 aliphatic rings. The summed E-state index contributed by atoms with van der Waals surface area (Å²) >= 11 is 0. The second-order valence-corrected chi connectivity index (χ2v) is 5.68. The lowest BCUT2D eigenvalue weighted by atomic mass is 9.94. The quantitative estimate of drug-likeness (QED) is 0.908. The van der Waals surface area contributed by atoms with E-state index in [1.807, 2.05) is 26.0 Å². The summed E-state index contributed by atoms with van der Waals surface area (Å²) in [5, 5.41) is 13.6. The minimum Gasteiger partial charge on any atom is -0.508 e. The summed E-state index contributed by atoms with van der Waals surface area (Å²) in [7, 11) is 0. The third-order valence-electron chi connectivity index (χ3n) is 4.22. The van der Waals surface area contributed by atoms with Gasteiger partial charge in [0.25, 0.3) is 0 Å². The molecule has 2 heterocycles. The number of fused-ring (bicyclic) bond motifs is 1. The molecule has 22 heavy (non-hydrogen) atoms. The number of rotatable bonds is 2. The van der Waals surface area contributed by atoms with Gasteiger partial charge in [-0.3, -0.25) is 4.99 Å². The predicted molar refractivity (Wildman–Crippen MR) is 85.6 cm³/mol. The van der Waals surface area contributed by atoms with Crippen LogP contribution < -0.4 is 0 Å². The summed E-state index contributed by atoms with van der Waals surface area (Å²) < 4.78 is 5.32. The molecule has 1 N–H and O–H groups in total. The van der Waals surface area contributed by atoms with E-state index in [9.17, 15) is 5.11 Å². The van der Waals surface area contributed by atoms with Gasteiger partial charge < -0.3 is 9.63 Å². The standard InChI is InChI=1S/C18H16N2O2/c1-10-16(11(2)22-20-10)18-17(12-6-8-13(21)9-7-12)14-4-3-5-15(14)19-18/h4,6-9,21H,3,5H2,1-2H3. The minimum absolute atomic E-state index is 0.266. The van der Waals surface area contributed by atoms with Gasteiger partial charge in [0.2, 0.25) is 0 Å². The molecule has 1 aliphatic heterocycles. The number of aromatic nitrogens is 1. The highest BCUT2D eigenvalue weighted by molar-refractivity contribution is 6.25. The van der Waals surface area contributed by atoms with E-state index in [0.717, 1.165) is 52.4 Å². The first kappa shape index (κ1) is 13.1. The molecule has 0 unspecified atom stereocenters. The maximum absolute atomic E-state index is 9.54. The number of nitrogens with zero attached hydrogens (tertiary/aromatic N) is 2. The number of allylic oxidation sites excluding steroid dienone is 3.